The summed E-state index contributed by atoms with van der Waals surface area (Å²) in [5.41, 5.74) is -3.80. The number of fused-ring (bicyclic) bond motifs is 2. The molecule has 2 aliphatic rings. The summed E-state index contributed by atoms with van der Waals surface area (Å²) < 4.78 is 183. The van der Waals surface area contributed by atoms with E-state index in [2.05, 4.69) is 14.4 Å². The van der Waals surface area contributed by atoms with E-state index in [1.54, 1.807) is 0 Å². The maximum Gasteiger partial charge on any atom is 0.573 e. The fourth-order valence-corrected chi connectivity index (χ4v) is 7.43. The Morgan fingerprint density at radius 1 is 0.673 bits per heavy atom. The SMILES string of the molecule is [C-]#[N+]C([N+]#[C-])=C1Cc2c(-c3ccc(S(F)(F)(F)(F)F)cc3)c3c(c(-c4ccc(S(F)(F)(F)(F)F)cc4)c2=C1C)CC(=C(C#N)C#N)C=3OC(F)(F)F. The van der Waals surface area contributed by atoms with Crippen molar-refractivity contribution in [1.29, 1.82) is 10.5 Å². The lowest BCUT2D eigenvalue weighted by Crippen LogP contribution is -2.26. The first-order valence-corrected chi connectivity index (χ1v) is 17.7. The molecular formula is C32H15F13N4OS2. The van der Waals surface area contributed by atoms with Crippen molar-refractivity contribution in [2.75, 3.05) is 0 Å². The molecule has 0 unspecified atom stereocenters. The molecule has 20 heteroatoms. The standard InChI is InChI=1S/C32H15F13N4OS2/c1-16-22(31(48-2)49-3)12-24-26(16)27(17-4-8-20(9-5-17)51(36,37,38,39)40)25-13-23(19(14-46)15-47)30(50-32(33,34)35)29(25)28(24)18-6-10-21(11-7-18)52(41,42,43,44)45/h4-11H,12-13H2,1H3. The van der Waals surface area contributed by atoms with Crippen LogP contribution in [0.25, 0.3) is 43.3 Å². The van der Waals surface area contributed by atoms with Gasteiger partial charge in [-0.2, -0.15) is 20.2 Å². The second kappa shape index (κ2) is 10.3. The minimum absolute atomic E-state index is 0.00557. The number of allylic oxidation sites excluding steroid dienone is 2. The summed E-state index contributed by atoms with van der Waals surface area (Å²) in [6, 6.07) is 4.83. The maximum atomic E-state index is 14.0. The van der Waals surface area contributed by atoms with Gasteiger partial charge in [0.05, 0.1) is 5.57 Å². The summed E-state index contributed by atoms with van der Waals surface area (Å²) in [7, 11) is -20.6. The van der Waals surface area contributed by atoms with Crippen LogP contribution in [-0.2, 0) is 17.6 Å². The molecule has 0 aliphatic heterocycles. The Morgan fingerprint density at radius 3 is 1.42 bits per heavy atom. The van der Waals surface area contributed by atoms with Crippen molar-refractivity contribution in [3.8, 4) is 34.4 Å². The highest BCUT2D eigenvalue weighted by atomic mass is 32.5. The Kier molecular flexibility index (Phi) is 7.44. The highest BCUT2D eigenvalue weighted by molar-refractivity contribution is 8.46. The van der Waals surface area contributed by atoms with E-state index in [4.69, 9.17) is 13.1 Å². The molecule has 0 saturated heterocycles. The molecule has 0 saturated carbocycles. The summed E-state index contributed by atoms with van der Waals surface area (Å²) in [4.78, 5) is 1.53. The first-order chi connectivity index (χ1) is 23.4. The molecule has 0 fully saturated rings. The monoisotopic (exact) mass is 782 g/mol. The summed E-state index contributed by atoms with van der Waals surface area (Å²) >= 11 is 0. The van der Waals surface area contributed by atoms with Crippen LogP contribution in [0.15, 0.2) is 80.9 Å². The predicted octanol–water partition coefficient (Wildman–Crippen LogP) is 11.7. The van der Waals surface area contributed by atoms with Gasteiger partial charge < -0.3 is 4.74 Å². The average molecular weight is 783 g/mol. The zero-order valence-electron chi connectivity index (χ0n) is 25.5. The number of ether oxygens (including phenoxy) is 1. The van der Waals surface area contributed by atoms with Gasteiger partial charge in [0.15, 0.2) is 0 Å². The van der Waals surface area contributed by atoms with Gasteiger partial charge in [0, 0.05) is 17.2 Å². The second-order valence-corrected chi connectivity index (χ2v) is 16.2. The van der Waals surface area contributed by atoms with E-state index in [9.17, 15) is 62.6 Å². The molecular weight excluding hydrogens is 767 g/mol. The molecule has 52 heavy (non-hydrogen) atoms. The summed E-state index contributed by atoms with van der Waals surface area (Å²) in [5.74, 6) is -1.84. The van der Waals surface area contributed by atoms with Crippen LogP contribution in [0.3, 0.4) is 0 Å². The second-order valence-electron chi connectivity index (χ2n) is 11.4. The molecule has 3 aromatic carbocycles. The van der Waals surface area contributed by atoms with Gasteiger partial charge in [0.25, 0.3) is 0 Å². The molecule has 272 valence electrons. The normalized spacial score (nSPS) is 16.9. The number of hydrogen-bond donors (Lipinski definition) is 0. The van der Waals surface area contributed by atoms with Crippen molar-refractivity contribution in [2.45, 2.75) is 35.9 Å². The Balaban J connectivity index is 2.09. The van der Waals surface area contributed by atoms with Crippen LogP contribution in [-0.4, -0.2) is 6.36 Å². The molecule has 0 heterocycles. The lowest BCUT2D eigenvalue weighted by molar-refractivity contribution is -0.290. The number of nitriles is 2. The van der Waals surface area contributed by atoms with Gasteiger partial charge >= 0.3 is 32.6 Å². The third-order valence-corrected chi connectivity index (χ3v) is 10.5. The zero-order valence-corrected chi connectivity index (χ0v) is 27.1. The number of nitrogens with zero attached hydrogens (tertiary/aromatic N) is 4. The Labute approximate surface area is 284 Å². The number of rotatable bonds is 5. The number of alkyl halides is 3. The Hall–Kier alpha value is -5.57. The molecule has 5 nitrogen and oxygen atoms in total. The first kappa shape index (κ1) is 37.7. The van der Waals surface area contributed by atoms with Crippen molar-refractivity contribution in [1.82, 2.24) is 0 Å². The molecule has 0 bridgehead atoms. The highest BCUT2D eigenvalue weighted by Gasteiger charge is 2.66. The zero-order chi connectivity index (χ0) is 39.2. The summed E-state index contributed by atoms with van der Waals surface area (Å²) in [5, 5.41) is 18.5. The molecule has 0 atom stereocenters. The van der Waals surface area contributed by atoms with Gasteiger partial charge in [-0.25, -0.2) is 0 Å². The average Bonchev–Trinajstić information content (AvgIpc) is 3.52. The van der Waals surface area contributed by atoms with Gasteiger partial charge in [-0.15, -0.1) is 13.2 Å². The third kappa shape index (κ3) is 6.75. The van der Waals surface area contributed by atoms with Gasteiger partial charge in [-0.1, -0.05) is 63.1 Å². The third-order valence-electron chi connectivity index (χ3n) is 8.14. The maximum absolute atomic E-state index is 14.0. The van der Waals surface area contributed by atoms with E-state index >= 15 is 0 Å². The van der Waals surface area contributed by atoms with E-state index in [-0.39, 0.29) is 62.9 Å². The Morgan fingerprint density at radius 2 is 1.06 bits per heavy atom. The fraction of sp³-hybridized carbons (Fsp3) is 0.125. The first-order valence-electron chi connectivity index (χ1n) is 13.8. The predicted molar refractivity (Wildman–Crippen MR) is 165 cm³/mol. The van der Waals surface area contributed by atoms with Crippen LogP contribution in [0.2, 0.25) is 0 Å². The Bertz CT molecular complexity index is 2480. The van der Waals surface area contributed by atoms with Crippen molar-refractivity contribution in [3.05, 3.63) is 115 Å². The topological polar surface area (TPSA) is 65.5 Å². The molecule has 3 aromatic rings. The van der Waals surface area contributed by atoms with Gasteiger partial charge in [-0.05, 0) is 81.8 Å². The van der Waals surface area contributed by atoms with E-state index < -0.39 is 88.5 Å². The number of halogens is 13. The lowest BCUT2D eigenvalue weighted by atomic mass is 9.87. The lowest BCUT2D eigenvalue weighted by Gasteiger charge is -2.40. The quantitative estimate of drug-likeness (QED) is 0.147. The van der Waals surface area contributed by atoms with Crippen LogP contribution in [0.4, 0.5) is 52.0 Å². The molecule has 0 amide bonds. The molecule has 0 aromatic heterocycles. The van der Waals surface area contributed by atoms with Crippen LogP contribution in [0.1, 0.15) is 18.1 Å². The van der Waals surface area contributed by atoms with E-state index in [0.29, 0.717) is 24.3 Å². The summed E-state index contributed by atoms with van der Waals surface area (Å²) in [6.45, 7) is 16.2. The molecule has 0 spiro atoms. The number of benzene rings is 3. The van der Waals surface area contributed by atoms with Crippen LogP contribution >= 0.6 is 20.4 Å². The molecule has 2 aliphatic carbocycles. The van der Waals surface area contributed by atoms with E-state index in [1.165, 1.54) is 19.1 Å². The smallest absolute Gasteiger partial charge is 0.405 e. The van der Waals surface area contributed by atoms with Crippen molar-refractivity contribution >= 4 is 31.8 Å². The van der Waals surface area contributed by atoms with Gasteiger partial charge in [0.2, 0.25) is 0 Å². The van der Waals surface area contributed by atoms with E-state index in [1.807, 2.05) is 0 Å². The van der Waals surface area contributed by atoms with Gasteiger partial charge in [0.1, 0.15) is 46.4 Å². The minimum atomic E-state index is -10.3. The molecule has 0 N–H and O–H groups in total. The van der Waals surface area contributed by atoms with E-state index in [0.717, 1.165) is 0 Å². The molecule has 5 rings (SSSR count). The highest BCUT2D eigenvalue weighted by Crippen LogP contribution is 3.02. The largest absolute Gasteiger partial charge is 0.573 e. The van der Waals surface area contributed by atoms with Crippen molar-refractivity contribution < 1.29 is 56.8 Å². The van der Waals surface area contributed by atoms with Crippen molar-refractivity contribution in [2.24, 2.45) is 0 Å². The summed E-state index contributed by atoms with van der Waals surface area (Å²) in [6.07, 6.45) is -6.95. The minimum Gasteiger partial charge on any atom is -0.405 e. The van der Waals surface area contributed by atoms with Crippen molar-refractivity contribution in [3.63, 3.8) is 0 Å². The molecule has 0 radical (unpaired) electrons. The van der Waals surface area contributed by atoms with Crippen LogP contribution < -0.4 is 10.4 Å². The van der Waals surface area contributed by atoms with Gasteiger partial charge in [-0.3, -0.25) is 0 Å². The number of hydrogen-bond acceptors (Lipinski definition) is 3. The van der Waals surface area contributed by atoms with Crippen LogP contribution in [0.5, 0.6) is 0 Å². The van der Waals surface area contributed by atoms with Crippen LogP contribution in [0, 0.1) is 35.8 Å². The fourth-order valence-electron chi connectivity index (χ4n) is 6.13.